The van der Waals surface area contributed by atoms with E-state index in [2.05, 4.69) is 32.0 Å². The second-order valence-electron chi connectivity index (χ2n) is 5.54. The second kappa shape index (κ2) is 7.00. The van der Waals surface area contributed by atoms with Gasteiger partial charge >= 0.3 is 0 Å². The molecule has 3 heterocycles. The molecule has 0 spiro atoms. The first-order valence-corrected chi connectivity index (χ1v) is 8.29. The molecule has 5 nitrogen and oxygen atoms in total. The Bertz CT molecular complexity index is 603. The van der Waals surface area contributed by atoms with Crippen LogP contribution in [0.4, 0.5) is 0 Å². The number of aliphatic hydroxyl groups is 1. The lowest BCUT2D eigenvalue weighted by Gasteiger charge is -2.36. The lowest BCUT2D eigenvalue weighted by atomic mass is 10.0. The third kappa shape index (κ3) is 3.71. The number of likely N-dealkylation sites (tertiary alicyclic amines) is 1. The van der Waals surface area contributed by atoms with Crippen LogP contribution < -0.4 is 5.32 Å². The largest absolute Gasteiger partial charge is 0.390 e. The zero-order chi connectivity index (χ0) is 15.4. The summed E-state index contributed by atoms with van der Waals surface area (Å²) in [4.78, 5) is 18.3. The van der Waals surface area contributed by atoms with Crippen LogP contribution in [0.25, 0.3) is 0 Å². The summed E-state index contributed by atoms with van der Waals surface area (Å²) in [5, 5.41) is 17.4. The molecular formula is C16H19N3O2S. The van der Waals surface area contributed by atoms with Crippen LogP contribution >= 0.6 is 11.3 Å². The van der Waals surface area contributed by atoms with Gasteiger partial charge in [0.2, 0.25) is 0 Å². The monoisotopic (exact) mass is 317 g/mol. The number of pyridine rings is 1. The minimum Gasteiger partial charge on any atom is -0.390 e. The van der Waals surface area contributed by atoms with E-state index in [0.717, 1.165) is 19.5 Å². The standard InChI is InChI=1S/C16H19N3O2S/c20-15-10-19(9-12-4-7-22-11-12)6-3-14(15)18-16(21)13-2-1-5-17-8-13/h1-2,4-5,7-8,11,14-15,20H,3,6,9-10H2,(H,18,21)/t14-,15-/m1/s1. The van der Waals surface area contributed by atoms with Gasteiger partial charge in [-0.2, -0.15) is 11.3 Å². The van der Waals surface area contributed by atoms with E-state index in [0.29, 0.717) is 12.1 Å². The van der Waals surface area contributed by atoms with Gasteiger partial charge in [-0.25, -0.2) is 0 Å². The molecule has 3 rings (SSSR count). The van der Waals surface area contributed by atoms with Crippen LogP contribution in [0.2, 0.25) is 0 Å². The summed E-state index contributed by atoms with van der Waals surface area (Å²) in [7, 11) is 0. The Morgan fingerprint density at radius 3 is 3.09 bits per heavy atom. The summed E-state index contributed by atoms with van der Waals surface area (Å²) in [6.45, 7) is 2.29. The van der Waals surface area contributed by atoms with Crippen molar-refractivity contribution >= 4 is 17.2 Å². The van der Waals surface area contributed by atoms with Crippen LogP contribution in [0.3, 0.4) is 0 Å². The molecule has 1 amide bonds. The van der Waals surface area contributed by atoms with Crippen LogP contribution in [-0.2, 0) is 6.54 Å². The maximum Gasteiger partial charge on any atom is 0.253 e. The van der Waals surface area contributed by atoms with Crippen molar-refractivity contribution in [1.29, 1.82) is 0 Å². The average molecular weight is 317 g/mol. The van der Waals surface area contributed by atoms with Crippen LogP contribution in [0.15, 0.2) is 41.4 Å². The molecule has 0 unspecified atom stereocenters. The number of rotatable bonds is 4. The number of carbonyl (C=O) groups excluding carboxylic acids is 1. The minimum absolute atomic E-state index is 0.177. The van der Waals surface area contributed by atoms with Crippen molar-refractivity contribution in [3.05, 3.63) is 52.5 Å². The van der Waals surface area contributed by atoms with E-state index in [1.807, 2.05) is 0 Å². The number of amides is 1. The van der Waals surface area contributed by atoms with Gasteiger partial charge in [0.25, 0.3) is 5.91 Å². The van der Waals surface area contributed by atoms with Crippen molar-refractivity contribution in [3.63, 3.8) is 0 Å². The molecular weight excluding hydrogens is 298 g/mol. The molecule has 1 fully saturated rings. The highest BCUT2D eigenvalue weighted by molar-refractivity contribution is 7.07. The fraction of sp³-hybridized carbons (Fsp3) is 0.375. The highest BCUT2D eigenvalue weighted by atomic mass is 32.1. The van der Waals surface area contributed by atoms with Crippen molar-refractivity contribution < 1.29 is 9.90 Å². The van der Waals surface area contributed by atoms with Gasteiger partial charge in [0.1, 0.15) is 0 Å². The van der Waals surface area contributed by atoms with E-state index in [1.54, 1.807) is 29.7 Å². The predicted octanol–water partition coefficient (Wildman–Crippen LogP) is 1.51. The number of β-amino-alcohol motifs (C(OH)–C–C–N with tert-alkyl or cyclic N) is 1. The molecule has 1 saturated heterocycles. The van der Waals surface area contributed by atoms with Gasteiger partial charge in [-0.05, 0) is 40.9 Å². The van der Waals surface area contributed by atoms with Gasteiger partial charge in [0.05, 0.1) is 17.7 Å². The number of piperidine rings is 1. The molecule has 116 valence electrons. The molecule has 1 aliphatic rings. The van der Waals surface area contributed by atoms with E-state index in [9.17, 15) is 9.90 Å². The molecule has 2 atom stereocenters. The van der Waals surface area contributed by atoms with E-state index < -0.39 is 6.10 Å². The van der Waals surface area contributed by atoms with Gasteiger partial charge in [0.15, 0.2) is 0 Å². The van der Waals surface area contributed by atoms with Crippen molar-refractivity contribution in [2.24, 2.45) is 0 Å². The first-order chi connectivity index (χ1) is 10.7. The summed E-state index contributed by atoms with van der Waals surface area (Å²) in [6, 6.07) is 5.36. The van der Waals surface area contributed by atoms with Crippen molar-refractivity contribution in [1.82, 2.24) is 15.2 Å². The third-order valence-corrected chi connectivity index (χ3v) is 4.62. The quantitative estimate of drug-likeness (QED) is 0.897. The van der Waals surface area contributed by atoms with Crippen molar-refractivity contribution in [3.8, 4) is 0 Å². The Morgan fingerprint density at radius 1 is 1.50 bits per heavy atom. The molecule has 0 radical (unpaired) electrons. The lowest BCUT2D eigenvalue weighted by molar-refractivity contribution is 0.0350. The number of carbonyl (C=O) groups is 1. The number of thiophene rings is 1. The Labute approximate surface area is 133 Å². The number of nitrogens with one attached hydrogen (secondary N) is 1. The summed E-state index contributed by atoms with van der Waals surface area (Å²) in [5.41, 5.74) is 1.80. The fourth-order valence-corrected chi connectivity index (χ4v) is 3.36. The Balaban J connectivity index is 1.53. The second-order valence-corrected chi connectivity index (χ2v) is 6.32. The molecule has 0 aliphatic carbocycles. The zero-order valence-corrected chi connectivity index (χ0v) is 13.0. The van der Waals surface area contributed by atoms with E-state index in [1.165, 1.54) is 11.8 Å². The smallest absolute Gasteiger partial charge is 0.253 e. The fourth-order valence-electron chi connectivity index (χ4n) is 2.70. The summed E-state index contributed by atoms with van der Waals surface area (Å²) < 4.78 is 0. The van der Waals surface area contributed by atoms with Crippen molar-refractivity contribution in [2.45, 2.75) is 25.1 Å². The number of aromatic nitrogens is 1. The van der Waals surface area contributed by atoms with E-state index >= 15 is 0 Å². The van der Waals surface area contributed by atoms with Gasteiger partial charge in [-0.15, -0.1) is 0 Å². The molecule has 6 heteroatoms. The molecule has 2 N–H and O–H groups in total. The minimum atomic E-state index is -0.548. The first-order valence-electron chi connectivity index (χ1n) is 7.35. The molecule has 2 aromatic rings. The van der Waals surface area contributed by atoms with Crippen LogP contribution in [0, 0.1) is 0 Å². The van der Waals surface area contributed by atoms with Crippen molar-refractivity contribution in [2.75, 3.05) is 13.1 Å². The average Bonchev–Trinajstić information content (AvgIpc) is 3.04. The highest BCUT2D eigenvalue weighted by Gasteiger charge is 2.29. The molecule has 2 aromatic heterocycles. The number of hydrogen-bond acceptors (Lipinski definition) is 5. The van der Waals surface area contributed by atoms with Crippen LogP contribution in [0.1, 0.15) is 22.3 Å². The molecule has 0 saturated carbocycles. The summed E-state index contributed by atoms with van der Waals surface area (Å²) >= 11 is 1.68. The predicted molar refractivity (Wildman–Crippen MR) is 85.7 cm³/mol. The summed E-state index contributed by atoms with van der Waals surface area (Å²) in [5.74, 6) is -0.177. The number of hydrogen-bond donors (Lipinski definition) is 2. The van der Waals surface area contributed by atoms with Gasteiger partial charge in [0, 0.05) is 32.0 Å². The van der Waals surface area contributed by atoms with Crippen LogP contribution in [0.5, 0.6) is 0 Å². The number of nitrogens with zero attached hydrogens (tertiary/aromatic N) is 2. The Hall–Kier alpha value is -1.76. The summed E-state index contributed by atoms with van der Waals surface area (Å²) in [6.07, 6.45) is 3.37. The van der Waals surface area contributed by atoms with Gasteiger partial charge in [-0.3, -0.25) is 14.7 Å². The zero-order valence-electron chi connectivity index (χ0n) is 12.2. The Kier molecular flexibility index (Phi) is 4.82. The highest BCUT2D eigenvalue weighted by Crippen LogP contribution is 2.16. The molecule has 0 bridgehead atoms. The number of aliphatic hydroxyl groups excluding tert-OH is 1. The molecule has 1 aliphatic heterocycles. The topological polar surface area (TPSA) is 65.5 Å². The van der Waals surface area contributed by atoms with Gasteiger partial charge < -0.3 is 10.4 Å². The third-order valence-electron chi connectivity index (χ3n) is 3.89. The normalized spacial score (nSPS) is 22.4. The SMILES string of the molecule is O=C(N[C@@H]1CCN(Cc2ccsc2)C[C@H]1O)c1cccnc1. The maximum absolute atomic E-state index is 12.1. The molecule has 22 heavy (non-hydrogen) atoms. The van der Waals surface area contributed by atoms with E-state index in [4.69, 9.17) is 0 Å². The van der Waals surface area contributed by atoms with E-state index in [-0.39, 0.29) is 11.9 Å². The van der Waals surface area contributed by atoms with Crippen LogP contribution in [-0.4, -0.2) is 46.1 Å². The first kappa shape index (κ1) is 15.1. The maximum atomic E-state index is 12.1. The Morgan fingerprint density at radius 2 is 2.41 bits per heavy atom. The lowest BCUT2D eigenvalue weighted by Crippen LogP contribution is -2.53. The molecule has 0 aromatic carbocycles. The van der Waals surface area contributed by atoms with Gasteiger partial charge in [-0.1, -0.05) is 0 Å².